The molecule has 1 saturated carbocycles. The fourth-order valence-electron chi connectivity index (χ4n) is 2.57. The maximum Gasteiger partial charge on any atom is 0.203 e. The van der Waals surface area contributed by atoms with E-state index in [1.54, 1.807) is 14.2 Å². The number of fused-ring (bicyclic) bond motifs is 1. The van der Waals surface area contributed by atoms with Crippen LogP contribution >= 0.6 is 0 Å². The number of benzene rings is 1. The Morgan fingerprint density at radius 3 is 2.59 bits per heavy atom. The molecule has 1 atom stereocenters. The van der Waals surface area contributed by atoms with E-state index in [-0.39, 0.29) is 0 Å². The lowest BCUT2D eigenvalue weighted by Crippen LogP contribution is -2.25. The third-order valence-corrected chi connectivity index (χ3v) is 3.70. The van der Waals surface area contributed by atoms with Crippen molar-refractivity contribution in [3.8, 4) is 17.2 Å². The molecule has 1 fully saturated rings. The predicted molar refractivity (Wildman–Crippen MR) is 65.0 cm³/mol. The molecule has 3 nitrogen and oxygen atoms in total. The average molecular weight is 234 g/mol. The van der Waals surface area contributed by atoms with Gasteiger partial charge in [-0.3, -0.25) is 0 Å². The van der Waals surface area contributed by atoms with Gasteiger partial charge in [0.1, 0.15) is 6.10 Å². The Balaban J connectivity index is 1.96. The highest BCUT2D eigenvalue weighted by Crippen LogP contribution is 2.47. The maximum atomic E-state index is 6.12. The van der Waals surface area contributed by atoms with Gasteiger partial charge in [-0.15, -0.1) is 0 Å². The summed E-state index contributed by atoms with van der Waals surface area (Å²) in [6.45, 7) is 0. The molecule has 17 heavy (non-hydrogen) atoms. The Hall–Kier alpha value is -1.38. The smallest absolute Gasteiger partial charge is 0.203 e. The first-order valence-corrected chi connectivity index (χ1v) is 6.24. The van der Waals surface area contributed by atoms with Crippen LogP contribution in [0.2, 0.25) is 0 Å². The minimum absolute atomic E-state index is 0.378. The second-order valence-corrected chi connectivity index (χ2v) is 4.82. The standard InChI is InChI=1S/C14H18O3/c1-15-12-8-6-10-5-7-11(9-3-4-9)17-13(10)14(12)16-2/h6,8-9,11H,3-5,7H2,1-2H3/t11-/m1/s1. The largest absolute Gasteiger partial charge is 0.493 e. The second-order valence-electron chi connectivity index (χ2n) is 4.82. The zero-order valence-corrected chi connectivity index (χ0v) is 10.4. The molecule has 3 rings (SSSR count). The van der Waals surface area contributed by atoms with Gasteiger partial charge in [-0.2, -0.15) is 0 Å². The highest BCUT2D eigenvalue weighted by atomic mass is 16.5. The Kier molecular flexibility index (Phi) is 2.61. The van der Waals surface area contributed by atoms with Crippen LogP contribution < -0.4 is 14.2 Å². The number of ether oxygens (including phenoxy) is 3. The zero-order chi connectivity index (χ0) is 11.8. The summed E-state index contributed by atoms with van der Waals surface area (Å²) in [5.41, 5.74) is 1.24. The lowest BCUT2D eigenvalue weighted by Gasteiger charge is -2.28. The Morgan fingerprint density at radius 2 is 1.94 bits per heavy atom. The van der Waals surface area contributed by atoms with Crippen LogP contribution in [-0.4, -0.2) is 20.3 Å². The molecule has 92 valence electrons. The molecule has 3 heteroatoms. The van der Waals surface area contributed by atoms with Crippen molar-refractivity contribution in [2.24, 2.45) is 5.92 Å². The molecule has 0 bridgehead atoms. The molecule has 1 heterocycles. The van der Waals surface area contributed by atoms with Crippen LogP contribution in [-0.2, 0) is 6.42 Å². The van der Waals surface area contributed by atoms with Gasteiger partial charge in [-0.05, 0) is 43.2 Å². The molecule has 1 aliphatic carbocycles. The number of aryl methyl sites for hydroxylation is 1. The van der Waals surface area contributed by atoms with Crippen LogP contribution in [0.5, 0.6) is 17.2 Å². The lowest BCUT2D eigenvalue weighted by atomic mass is 9.99. The molecular formula is C14H18O3. The summed E-state index contributed by atoms with van der Waals surface area (Å²) in [4.78, 5) is 0. The van der Waals surface area contributed by atoms with Gasteiger partial charge >= 0.3 is 0 Å². The molecule has 0 N–H and O–H groups in total. The minimum Gasteiger partial charge on any atom is -0.493 e. The minimum atomic E-state index is 0.378. The van der Waals surface area contributed by atoms with Crippen molar-refractivity contribution in [1.82, 2.24) is 0 Å². The SMILES string of the molecule is COc1ccc2c(c1OC)O[C@@H](C1CC1)CC2. The van der Waals surface area contributed by atoms with E-state index in [1.807, 2.05) is 6.07 Å². The quantitative estimate of drug-likeness (QED) is 0.805. The molecular weight excluding hydrogens is 216 g/mol. The summed E-state index contributed by atoms with van der Waals surface area (Å²) in [6, 6.07) is 4.04. The van der Waals surface area contributed by atoms with Crippen molar-refractivity contribution in [3.05, 3.63) is 17.7 Å². The lowest BCUT2D eigenvalue weighted by molar-refractivity contribution is 0.144. The van der Waals surface area contributed by atoms with E-state index in [2.05, 4.69) is 6.07 Å². The average Bonchev–Trinajstić information content (AvgIpc) is 3.20. The number of methoxy groups -OCH3 is 2. The van der Waals surface area contributed by atoms with Crippen molar-refractivity contribution in [3.63, 3.8) is 0 Å². The highest BCUT2D eigenvalue weighted by Gasteiger charge is 2.36. The summed E-state index contributed by atoms with van der Waals surface area (Å²) in [5.74, 6) is 3.16. The van der Waals surface area contributed by atoms with Gasteiger partial charge in [0.25, 0.3) is 0 Å². The van der Waals surface area contributed by atoms with E-state index >= 15 is 0 Å². The van der Waals surface area contributed by atoms with E-state index in [9.17, 15) is 0 Å². The van der Waals surface area contributed by atoms with Gasteiger partial charge < -0.3 is 14.2 Å². The maximum absolute atomic E-state index is 6.12. The molecule has 1 aliphatic heterocycles. The number of hydrogen-bond donors (Lipinski definition) is 0. The zero-order valence-electron chi connectivity index (χ0n) is 10.4. The van der Waals surface area contributed by atoms with Gasteiger partial charge in [0.2, 0.25) is 5.75 Å². The van der Waals surface area contributed by atoms with Crippen LogP contribution in [0, 0.1) is 5.92 Å². The fourth-order valence-corrected chi connectivity index (χ4v) is 2.57. The first-order chi connectivity index (χ1) is 8.33. The van der Waals surface area contributed by atoms with Crippen LogP contribution in [0.4, 0.5) is 0 Å². The molecule has 1 aromatic rings. The van der Waals surface area contributed by atoms with Crippen molar-refractivity contribution in [2.45, 2.75) is 31.8 Å². The van der Waals surface area contributed by atoms with Crippen LogP contribution in [0.25, 0.3) is 0 Å². The summed E-state index contributed by atoms with van der Waals surface area (Å²) in [6.07, 6.45) is 5.21. The van der Waals surface area contributed by atoms with Gasteiger partial charge in [0.15, 0.2) is 11.5 Å². The van der Waals surface area contributed by atoms with E-state index in [0.29, 0.717) is 6.10 Å². The van der Waals surface area contributed by atoms with E-state index < -0.39 is 0 Å². The topological polar surface area (TPSA) is 27.7 Å². The number of hydrogen-bond acceptors (Lipinski definition) is 3. The predicted octanol–water partition coefficient (Wildman–Crippen LogP) is 2.81. The van der Waals surface area contributed by atoms with Crippen LogP contribution in [0.1, 0.15) is 24.8 Å². The second kappa shape index (κ2) is 4.13. The highest BCUT2D eigenvalue weighted by molar-refractivity contribution is 5.56. The summed E-state index contributed by atoms with van der Waals surface area (Å²) in [7, 11) is 3.33. The summed E-state index contributed by atoms with van der Waals surface area (Å²) in [5, 5.41) is 0. The number of rotatable bonds is 3. The van der Waals surface area contributed by atoms with E-state index in [4.69, 9.17) is 14.2 Å². The molecule has 0 amide bonds. The van der Waals surface area contributed by atoms with Gasteiger partial charge in [-0.1, -0.05) is 6.07 Å². The Labute approximate surface area is 102 Å². The van der Waals surface area contributed by atoms with Crippen LogP contribution in [0.15, 0.2) is 12.1 Å². The Morgan fingerprint density at radius 1 is 1.12 bits per heavy atom. The molecule has 2 aliphatic rings. The van der Waals surface area contributed by atoms with Gasteiger partial charge in [0, 0.05) is 0 Å². The normalized spacial score (nSPS) is 22.6. The molecule has 1 aromatic carbocycles. The van der Waals surface area contributed by atoms with E-state index in [1.165, 1.54) is 18.4 Å². The van der Waals surface area contributed by atoms with Crippen molar-refractivity contribution in [1.29, 1.82) is 0 Å². The van der Waals surface area contributed by atoms with E-state index in [0.717, 1.165) is 36.0 Å². The third-order valence-electron chi connectivity index (χ3n) is 3.70. The third kappa shape index (κ3) is 1.84. The summed E-state index contributed by atoms with van der Waals surface area (Å²) < 4.78 is 16.9. The first kappa shape index (κ1) is 10.8. The van der Waals surface area contributed by atoms with Crippen LogP contribution in [0.3, 0.4) is 0 Å². The first-order valence-electron chi connectivity index (χ1n) is 6.24. The Bertz CT molecular complexity index is 424. The van der Waals surface area contributed by atoms with Crippen molar-refractivity contribution in [2.75, 3.05) is 14.2 Å². The molecule has 0 spiro atoms. The molecule has 0 aromatic heterocycles. The fraction of sp³-hybridized carbons (Fsp3) is 0.571. The van der Waals surface area contributed by atoms with Crippen molar-refractivity contribution < 1.29 is 14.2 Å². The monoisotopic (exact) mass is 234 g/mol. The molecule has 0 unspecified atom stereocenters. The van der Waals surface area contributed by atoms with Gasteiger partial charge in [-0.25, -0.2) is 0 Å². The molecule has 0 radical (unpaired) electrons. The molecule has 0 saturated heterocycles. The van der Waals surface area contributed by atoms with Crippen molar-refractivity contribution >= 4 is 0 Å². The summed E-state index contributed by atoms with van der Waals surface area (Å²) >= 11 is 0. The van der Waals surface area contributed by atoms with Gasteiger partial charge in [0.05, 0.1) is 14.2 Å².